The van der Waals surface area contributed by atoms with E-state index in [0.29, 0.717) is 5.69 Å². The van der Waals surface area contributed by atoms with Crippen LogP contribution in [0.2, 0.25) is 10.0 Å². The minimum Gasteiger partial charge on any atom is -0.268 e. The summed E-state index contributed by atoms with van der Waals surface area (Å²) in [6.07, 6.45) is 3.26. The van der Waals surface area contributed by atoms with Crippen molar-refractivity contribution in [3.05, 3.63) is 75.3 Å². The number of pyridine rings is 1. The summed E-state index contributed by atoms with van der Waals surface area (Å²) in [6.45, 7) is -0.00107. The summed E-state index contributed by atoms with van der Waals surface area (Å²) in [5.74, 6) is 0. The Labute approximate surface area is 165 Å². The number of sulfonamides is 1. The van der Waals surface area contributed by atoms with Crippen molar-refractivity contribution in [2.75, 3.05) is 6.54 Å². The van der Waals surface area contributed by atoms with Crippen molar-refractivity contribution in [2.24, 2.45) is 0 Å². The lowest BCUT2D eigenvalue weighted by Gasteiger charge is -2.10. The fraction of sp³-hybridized carbons (Fsp3) is 0.118. The van der Waals surface area contributed by atoms with Crippen molar-refractivity contribution in [1.29, 1.82) is 0 Å². The van der Waals surface area contributed by atoms with Gasteiger partial charge in [0.15, 0.2) is 0 Å². The van der Waals surface area contributed by atoms with E-state index in [-0.39, 0.29) is 33.6 Å². The predicted molar refractivity (Wildman–Crippen MR) is 103 cm³/mol. The standard InChI is InChI=1S/C17H14Cl2N4O3S/c18-13-3-4-14(19)16(10-13)27(25,26)21-8-9-23-17(24)6-5-15(22-23)12-2-1-7-20-11-12/h1-7,10-11,21H,8-9H2. The first-order valence-electron chi connectivity index (χ1n) is 7.80. The molecule has 1 N–H and O–H groups in total. The normalized spacial score (nSPS) is 11.5. The molecule has 2 aromatic heterocycles. The molecule has 0 amide bonds. The number of aromatic nitrogens is 3. The van der Waals surface area contributed by atoms with Crippen LogP contribution in [-0.4, -0.2) is 29.7 Å². The Morgan fingerprint density at radius 1 is 1.11 bits per heavy atom. The van der Waals surface area contributed by atoms with Crippen molar-refractivity contribution < 1.29 is 8.42 Å². The van der Waals surface area contributed by atoms with Crippen LogP contribution in [0.4, 0.5) is 0 Å². The average molecular weight is 425 g/mol. The molecule has 2 heterocycles. The Hall–Kier alpha value is -2.26. The van der Waals surface area contributed by atoms with Crippen molar-refractivity contribution in [3.63, 3.8) is 0 Å². The number of rotatable bonds is 6. The van der Waals surface area contributed by atoms with Gasteiger partial charge < -0.3 is 0 Å². The molecule has 0 unspecified atom stereocenters. The first-order valence-corrected chi connectivity index (χ1v) is 10.0. The quantitative estimate of drug-likeness (QED) is 0.655. The van der Waals surface area contributed by atoms with Gasteiger partial charge >= 0.3 is 0 Å². The minimum absolute atomic E-state index is 0.0460. The second-order valence-electron chi connectivity index (χ2n) is 5.49. The number of nitrogens with one attached hydrogen (secondary N) is 1. The van der Waals surface area contributed by atoms with Crippen LogP contribution in [0.1, 0.15) is 0 Å². The second kappa shape index (κ2) is 8.18. The van der Waals surface area contributed by atoms with E-state index >= 15 is 0 Å². The van der Waals surface area contributed by atoms with Crippen LogP contribution in [0.3, 0.4) is 0 Å². The van der Waals surface area contributed by atoms with E-state index in [9.17, 15) is 13.2 Å². The molecule has 3 rings (SSSR count). The highest BCUT2D eigenvalue weighted by Gasteiger charge is 2.18. The Morgan fingerprint density at radius 2 is 1.93 bits per heavy atom. The SMILES string of the molecule is O=c1ccc(-c2cccnc2)nn1CCNS(=O)(=O)c1cc(Cl)ccc1Cl. The second-order valence-corrected chi connectivity index (χ2v) is 8.07. The zero-order valence-electron chi connectivity index (χ0n) is 13.8. The summed E-state index contributed by atoms with van der Waals surface area (Å²) < 4.78 is 28.4. The van der Waals surface area contributed by atoms with Gasteiger partial charge in [0, 0.05) is 35.6 Å². The maximum atomic E-state index is 12.4. The van der Waals surface area contributed by atoms with Crippen LogP contribution in [0.25, 0.3) is 11.3 Å². The van der Waals surface area contributed by atoms with Crippen LogP contribution < -0.4 is 10.3 Å². The van der Waals surface area contributed by atoms with E-state index in [1.54, 1.807) is 24.5 Å². The third-order valence-electron chi connectivity index (χ3n) is 3.62. The largest absolute Gasteiger partial charge is 0.268 e. The van der Waals surface area contributed by atoms with Crippen LogP contribution in [0, 0.1) is 0 Å². The maximum Gasteiger partial charge on any atom is 0.266 e. The molecule has 140 valence electrons. The monoisotopic (exact) mass is 424 g/mol. The summed E-state index contributed by atoms with van der Waals surface area (Å²) in [4.78, 5) is 15.9. The predicted octanol–water partition coefficient (Wildman–Crippen LogP) is 2.59. The summed E-state index contributed by atoms with van der Waals surface area (Å²) in [5.41, 5.74) is 0.962. The number of hydrogen-bond donors (Lipinski definition) is 1. The van der Waals surface area contributed by atoms with Crippen molar-refractivity contribution in [3.8, 4) is 11.3 Å². The molecule has 0 atom stereocenters. The molecule has 7 nitrogen and oxygen atoms in total. The summed E-state index contributed by atoms with van der Waals surface area (Å²) >= 11 is 11.8. The molecule has 10 heteroatoms. The van der Waals surface area contributed by atoms with Gasteiger partial charge in [0.05, 0.1) is 17.3 Å². The third kappa shape index (κ3) is 4.72. The van der Waals surface area contributed by atoms with E-state index in [2.05, 4.69) is 14.8 Å². The summed E-state index contributed by atoms with van der Waals surface area (Å²) in [7, 11) is -3.88. The van der Waals surface area contributed by atoms with Gasteiger partial charge in [-0.05, 0) is 36.4 Å². The fourth-order valence-corrected chi connectivity index (χ4v) is 4.11. The molecule has 0 saturated heterocycles. The summed E-state index contributed by atoms with van der Waals surface area (Å²) in [6, 6.07) is 10.7. The van der Waals surface area contributed by atoms with Gasteiger partial charge in [0.1, 0.15) is 4.90 Å². The molecule has 0 aliphatic carbocycles. The fourth-order valence-electron chi connectivity index (χ4n) is 2.32. The molecule has 0 saturated carbocycles. The van der Waals surface area contributed by atoms with Gasteiger partial charge in [0.2, 0.25) is 10.0 Å². The van der Waals surface area contributed by atoms with Gasteiger partial charge in [-0.3, -0.25) is 9.78 Å². The number of nitrogens with zero attached hydrogens (tertiary/aromatic N) is 3. The Kier molecular flexibility index (Phi) is 5.91. The van der Waals surface area contributed by atoms with Gasteiger partial charge in [-0.2, -0.15) is 5.10 Å². The minimum atomic E-state index is -3.88. The number of hydrogen-bond acceptors (Lipinski definition) is 5. The van der Waals surface area contributed by atoms with E-state index in [0.717, 1.165) is 5.56 Å². The lowest BCUT2D eigenvalue weighted by Crippen LogP contribution is -2.32. The first kappa shape index (κ1) is 19.5. The molecule has 0 aliphatic heterocycles. The maximum absolute atomic E-state index is 12.4. The molecular formula is C17H14Cl2N4O3S. The van der Waals surface area contributed by atoms with Gasteiger partial charge in [0.25, 0.3) is 5.56 Å². The van der Waals surface area contributed by atoms with E-state index in [4.69, 9.17) is 23.2 Å². The Balaban J connectivity index is 1.75. The first-order chi connectivity index (χ1) is 12.9. The highest BCUT2D eigenvalue weighted by molar-refractivity contribution is 7.89. The molecule has 1 aromatic carbocycles. The molecule has 3 aromatic rings. The molecule has 0 spiro atoms. The Bertz CT molecular complexity index is 1120. The van der Waals surface area contributed by atoms with Gasteiger partial charge in [-0.25, -0.2) is 17.8 Å². The zero-order chi connectivity index (χ0) is 19.4. The highest BCUT2D eigenvalue weighted by atomic mass is 35.5. The third-order valence-corrected chi connectivity index (χ3v) is 5.80. The van der Waals surface area contributed by atoms with Crippen molar-refractivity contribution >= 4 is 33.2 Å². The highest BCUT2D eigenvalue weighted by Crippen LogP contribution is 2.24. The summed E-state index contributed by atoms with van der Waals surface area (Å²) in [5, 5.41) is 4.56. The average Bonchev–Trinajstić information content (AvgIpc) is 2.66. The molecular weight excluding hydrogens is 411 g/mol. The van der Waals surface area contributed by atoms with Gasteiger partial charge in [-0.1, -0.05) is 23.2 Å². The lowest BCUT2D eigenvalue weighted by atomic mass is 10.2. The molecule has 0 aliphatic rings. The molecule has 0 radical (unpaired) electrons. The van der Waals surface area contributed by atoms with E-state index in [1.165, 1.54) is 28.9 Å². The molecule has 0 bridgehead atoms. The lowest BCUT2D eigenvalue weighted by molar-refractivity contribution is 0.549. The van der Waals surface area contributed by atoms with Gasteiger partial charge in [-0.15, -0.1) is 0 Å². The number of halogens is 2. The van der Waals surface area contributed by atoms with E-state index < -0.39 is 10.0 Å². The topological polar surface area (TPSA) is 93.9 Å². The Morgan fingerprint density at radius 3 is 2.67 bits per heavy atom. The van der Waals surface area contributed by atoms with Crippen LogP contribution in [0.15, 0.2) is 64.5 Å². The molecule has 0 fully saturated rings. The van der Waals surface area contributed by atoms with Crippen LogP contribution in [0.5, 0.6) is 0 Å². The molecule has 27 heavy (non-hydrogen) atoms. The van der Waals surface area contributed by atoms with E-state index in [1.807, 2.05) is 6.07 Å². The smallest absolute Gasteiger partial charge is 0.266 e. The van der Waals surface area contributed by atoms with Crippen LogP contribution in [-0.2, 0) is 16.6 Å². The van der Waals surface area contributed by atoms with Crippen molar-refractivity contribution in [1.82, 2.24) is 19.5 Å². The number of benzene rings is 1. The zero-order valence-corrected chi connectivity index (χ0v) is 16.2. The van der Waals surface area contributed by atoms with Crippen molar-refractivity contribution in [2.45, 2.75) is 11.4 Å². The van der Waals surface area contributed by atoms with Crippen LogP contribution >= 0.6 is 23.2 Å².